The predicted octanol–water partition coefficient (Wildman–Crippen LogP) is 1.42. The molecule has 0 unspecified atom stereocenters. The summed E-state index contributed by atoms with van der Waals surface area (Å²) in [6.07, 6.45) is 3.74. The average Bonchev–Trinajstić information content (AvgIpc) is 2.75. The van der Waals surface area contributed by atoms with Gasteiger partial charge >= 0.3 is 0 Å². The van der Waals surface area contributed by atoms with Gasteiger partial charge in [0.2, 0.25) is 5.91 Å². The van der Waals surface area contributed by atoms with Gasteiger partial charge in [-0.3, -0.25) is 4.79 Å². The fourth-order valence-corrected chi connectivity index (χ4v) is 1.59. The van der Waals surface area contributed by atoms with Crippen LogP contribution in [-0.4, -0.2) is 15.5 Å². The summed E-state index contributed by atoms with van der Waals surface area (Å²) in [6, 6.07) is 5.91. The quantitative estimate of drug-likeness (QED) is 0.888. The Morgan fingerprint density at radius 2 is 2.11 bits per heavy atom. The maximum atomic E-state index is 12.7. The van der Waals surface area contributed by atoms with Crippen LogP contribution in [0.25, 0.3) is 0 Å². The fraction of sp³-hybridized carbons (Fsp3) is 0.231. The maximum Gasteiger partial charge on any atom is 0.224 e. The molecule has 0 radical (unpaired) electrons. The number of nitrogens with zero attached hydrogens (tertiary/aromatic N) is 2. The van der Waals surface area contributed by atoms with E-state index in [0.717, 1.165) is 11.4 Å². The van der Waals surface area contributed by atoms with Crippen molar-refractivity contribution >= 4 is 5.91 Å². The number of hydrogen-bond acceptors (Lipinski definition) is 2. The normalized spacial score (nSPS) is 10.3. The van der Waals surface area contributed by atoms with Crippen LogP contribution in [-0.2, 0) is 24.8 Å². The van der Waals surface area contributed by atoms with Gasteiger partial charge in [0.15, 0.2) is 0 Å². The lowest BCUT2D eigenvalue weighted by molar-refractivity contribution is -0.120. The summed E-state index contributed by atoms with van der Waals surface area (Å²) in [5.41, 5.74) is 0.786. The summed E-state index contributed by atoms with van der Waals surface area (Å²) in [5, 5.41) is 2.77. The molecule has 5 heteroatoms. The van der Waals surface area contributed by atoms with Crippen molar-refractivity contribution in [2.75, 3.05) is 0 Å². The smallest absolute Gasteiger partial charge is 0.224 e. The fourth-order valence-electron chi connectivity index (χ4n) is 1.59. The van der Waals surface area contributed by atoms with E-state index in [1.165, 1.54) is 12.1 Å². The van der Waals surface area contributed by atoms with E-state index in [1.54, 1.807) is 18.3 Å². The van der Waals surface area contributed by atoms with Crippen molar-refractivity contribution in [3.05, 3.63) is 53.9 Å². The highest BCUT2D eigenvalue weighted by Gasteiger charge is 2.05. The van der Waals surface area contributed by atoms with Gasteiger partial charge in [-0.05, 0) is 17.7 Å². The molecule has 1 heterocycles. The second-order valence-corrected chi connectivity index (χ2v) is 4.03. The summed E-state index contributed by atoms with van der Waals surface area (Å²) in [6.45, 7) is 0.392. The molecule has 2 aromatic rings. The highest BCUT2D eigenvalue weighted by molar-refractivity contribution is 5.78. The highest BCUT2D eigenvalue weighted by Crippen LogP contribution is 2.03. The molecule has 0 atom stereocenters. The van der Waals surface area contributed by atoms with E-state index in [-0.39, 0.29) is 18.1 Å². The van der Waals surface area contributed by atoms with E-state index in [1.807, 2.05) is 17.8 Å². The van der Waals surface area contributed by atoms with E-state index in [4.69, 9.17) is 0 Å². The van der Waals surface area contributed by atoms with Crippen LogP contribution in [0.3, 0.4) is 0 Å². The van der Waals surface area contributed by atoms with Crippen molar-refractivity contribution < 1.29 is 9.18 Å². The molecule has 0 bridgehead atoms. The van der Waals surface area contributed by atoms with E-state index >= 15 is 0 Å². The first-order valence-corrected chi connectivity index (χ1v) is 5.62. The standard InChI is InChI=1S/C13H14FN3O/c1-17-7-6-15-12(17)9-16-13(18)8-10-2-4-11(14)5-3-10/h2-7H,8-9H2,1H3,(H,16,18). The Labute approximate surface area is 104 Å². The van der Waals surface area contributed by atoms with Gasteiger partial charge in [-0.2, -0.15) is 0 Å². The zero-order valence-corrected chi connectivity index (χ0v) is 10.1. The number of halogens is 1. The van der Waals surface area contributed by atoms with Crippen LogP contribution in [0.2, 0.25) is 0 Å². The molecule has 94 valence electrons. The Balaban J connectivity index is 1.86. The Bertz CT molecular complexity index is 533. The minimum atomic E-state index is -0.299. The average molecular weight is 247 g/mol. The van der Waals surface area contributed by atoms with Gasteiger partial charge in [-0.1, -0.05) is 12.1 Å². The van der Waals surface area contributed by atoms with Crippen LogP contribution in [0, 0.1) is 5.82 Å². The molecular formula is C13H14FN3O. The number of carbonyl (C=O) groups excluding carboxylic acids is 1. The number of rotatable bonds is 4. The lowest BCUT2D eigenvalue weighted by Crippen LogP contribution is -2.25. The third kappa shape index (κ3) is 3.16. The molecule has 4 nitrogen and oxygen atoms in total. The minimum Gasteiger partial charge on any atom is -0.349 e. The molecule has 1 amide bonds. The number of aryl methyl sites for hydroxylation is 1. The number of benzene rings is 1. The summed E-state index contributed by atoms with van der Waals surface area (Å²) < 4.78 is 14.5. The summed E-state index contributed by atoms with van der Waals surface area (Å²) >= 11 is 0. The van der Waals surface area contributed by atoms with Crippen LogP contribution < -0.4 is 5.32 Å². The van der Waals surface area contributed by atoms with Gasteiger partial charge in [0, 0.05) is 19.4 Å². The minimum absolute atomic E-state index is 0.107. The van der Waals surface area contributed by atoms with Gasteiger partial charge in [-0.25, -0.2) is 9.37 Å². The molecule has 0 aliphatic carbocycles. The first kappa shape index (κ1) is 12.3. The van der Waals surface area contributed by atoms with Crippen molar-refractivity contribution in [1.82, 2.24) is 14.9 Å². The van der Waals surface area contributed by atoms with E-state index in [9.17, 15) is 9.18 Å². The second-order valence-electron chi connectivity index (χ2n) is 4.03. The molecule has 1 N–H and O–H groups in total. The Hall–Kier alpha value is -2.17. The number of nitrogens with one attached hydrogen (secondary N) is 1. The van der Waals surface area contributed by atoms with Gasteiger partial charge in [0.25, 0.3) is 0 Å². The van der Waals surface area contributed by atoms with Gasteiger partial charge < -0.3 is 9.88 Å². The zero-order chi connectivity index (χ0) is 13.0. The molecule has 2 rings (SSSR count). The summed E-state index contributed by atoms with van der Waals surface area (Å²) in [4.78, 5) is 15.8. The van der Waals surface area contributed by atoms with Gasteiger partial charge in [-0.15, -0.1) is 0 Å². The monoisotopic (exact) mass is 247 g/mol. The van der Waals surface area contributed by atoms with Crippen LogP contribution in [0.1, 0.15) is 11.4 Å². The maximum absolute atomic E-state index is 12.7. The van der Waals surface area contributed by atoms with E-state index in [2.05, 4.69) is 10.3 Å². The molecule has 1 aromatic heterocycles. The first-order valence-electron chi connectivity index (χ1n) is 5.62. The molecule has 0 aliphatic rings. The molecule has 0 saturated heterocycles. The van der Waals surface area contributed by atoms with Crippen molar-refractivity contribution in [3.63, 3.8) is 0 Å². The first-order chi connectivity index (χ1) is 8.65. The summed E-state index contributed by atoms with van der Waals surface area (Å²) in [5.74, 6) is 0.388. The largest absolute Gasteiger partial charge is 0.349 e. The Kier molecular flexibility index (Phi) is 3.72. The zero-order valence-electron chi connectivity index (χ0n) is 10.1. The number of imidazole rings is 1. The number of carbonyl (C=O) groups is 1. The predicted molar refractivity (Wildman–Crippen MR) is 65.2 cm³/mol. The number of amides is 1. The van der Waals surface area contributed by atoms with Gasteiger partial charge in [0.1, 0.15) is 11.6 Å². The number of hydrogen-bond donors (Lipinski definition) is 1. The molecular weight excluding hydrogens is 233 g/mol. The third-order valence-electron chi connectivity index (χ3n) is 2.64. The summed E-state index contributed by atoms with van der Waals surface area (Å²) in [7, 11) is 1.87. The van der Waals surface area contributed by atoms with E-state index < -0.39 is 0 Å². The lowest BCUT2D eigenvalue weighted by atomic mass is 10.1. The Morgan fingerprint density at radius 3 is 2.72 bits per heavy atom. The highest BCUT2D eigenvalue weighted by atomic mass is 19.1. The molecule has 1 aromatic carbocycles. The van der Waals surface area contributed by atoms with Crippen LogP contribution in [0.5, 0.6) is 0 Å². The molecule has 0 spiro atoms. The third-order valence-corrected chi connectivity index (χ3v) is 2.64. The number of aromatic nitrogens is 2. The molecule has 0 aliphatic heterocycles. The topological polar surface area (TPSA) is 46.9 Å². The van der Waals surface area contributed by atoms with Crippen molar-refractivity contribution in [3.8, 4) is 0 Å². The van der Waals surface area contributed by atoms with Crippen molar-refractivity contribution in [2.45, 2.75) is 13.0 Å². The lowest BCUT2D eigenvalue weighted by Gasteiger charge is -2.05. The Morgan fingerprint density at radius 1 is 1.39 bits per heavy atom. The molecule has 0 fully saturated rings. The van der Waals surface area contributed by atoms with Crippen molar-refractivity contribution in [1.29, 1.82) is 0 Å². The van der Waals surface area contributed by atoms with Crippen LogP contribution in [0.15, 0.2) is 36.7 Å². The van der Waals surface area contributed by atoms with E-state index in [0.29, 0.717) is 6.54 Å². The second kappa shape index (κ2) is 5.44. The van der Waals surface area contributed by atoms with Crippen LogP contribution in [0.4, 0.5) is 4.39 Å². The van der Waals surface area contributed by atoms with Crippen molar-refractivity contribution in [2.24, 2.45) is 7.05 Å². The van der Waals surface area contributed by atoms with Crippen LogP contribution >= 0.6 is 0 Å². The molecule has 0 saturated carbocycles. The SMILES string of the molecule is Cn1ccnc1CNC(=O)Cc1ccc(F)cc1. The molecule has 18 heavy (non-hydrogen) atoms. The van der Waals surface area contributed by atoms with Gasteiger partial charge in [0.05, 0.1) is 13.0 Å².